The van der Waals surface area contributed by atoms with Gasteiger partial charge >= 0.3 is 0 Å². The number of nitrogens with one attached hydrogen (secondary N) is 1. The van der Waals surface area contributed by atoms with E-state index in [2.05, 4.69) is 47.3 Å². The minimum absolute atomic E-state index is 0.211. The number of hydrogen-bond acceptors (Lipinski definition) is 5. The highest BCUT2D eigenvalue weighted by atomic mass is 79.9. The Morgan fingerprint density at radius 2 is 1.83 bits per heavy atom. The van der Waals surface area contributed by atoms with E-state index in [1.54, 1.807) is 48.5 Å². The smallest absolute Gasteiger partial charge is 0.282 e. The van der Waals surface area contributed by atoms with Crippen LogP contribution in [-0.2, 0) is 11.2 Å². The number of benzene rings is 3. The van der Waals surface area contributed by atoms with Gasteiger partial charge in [0.15, 0.2) is 6.61 Å². The normalized spacial score (nSPS) is 11.2. The summed E-state index contributed by atoms with van der Waals surface area (Å²) in [5, 5.41) is 8.27. The molecular formula is C26H21Br2ClN4O3. The standard InChI is InChI=1S/C26H21Br2ClN4O3/c1-2-3-24-32-22-10-4-18(28)13-21(22)26(35)33(24)30-14-16-12-17(27)5-11-23(16)36-15-25(34)31-20-8-6-19(29)7-9-20/h4-14H,2-3,15H2,1H3,(H,31,34). The molecule has 36 heavy (non-hydrogen) atoms. The minimum Gasteiger partial charge on any atom is -0.483 e. The van der Waals surface area contributed by atoms with Crippen molar-refractivity contribution in [3.63, 3.8) is 0 Å². The second-order valence-corrected chi connectivity index (χ2v) is 10.1. The molecule has 0 radical (unpaired) electrons. The Labute approximate surface area is 229 Å². The summed E-state index contributed by atoms with van der Waals surface area (Å²) < 4.78 is 8.67. The predicted octanol–water partition coefficient (Wildman–Crippen LogP) is 6.43. The molecule has 0 saturated heterocycles. The minimum atomic E-state index is -0.325. The fourth-order valence-corrected chi connectivity index (χ4v) is 4.31. The van der Waals surface area contributed by atoms with Crippen molar-refractivity contribution in [1.29, 1.82) is 0 Å². The molecule has 4 rings (SSSR count). The summed E-state index contributed by atoms with van der Waals surface area (Å²) in [4.78, 5) is 30.3. The van der Waals surface area contributed by atoms with Crippen molar-refractivity contribution in [2.45, 2.75) is 19.8 Å². The zero-order valence-electron chi connectivity index (χ0n) is 19.2. The maximum Gasteiger partial charge on any atom is 0.282 e. The highest BCUT2D eigenvalue weighted by Crippen LogP contribution is 2.23. The van der Waals surface area contributed by atoms with Crippen molar-refractivity contribution in [3.8, 4) is 5.75 Å². The van der Waals surface area contributed by atoms with Crippen LogP contribution in [0.5, 0.6) is 5.75 Å². The van der Waals surface area contributed by atoms with Gasteiger partial charge in [0.25, 0.3) is 11.5 Å². The number of ether oxygens (including phenoxy) is 1. The summed E-state index contributed by atoms with van der Waals surface area (Å²) >= 11 is 12.8. The van der Waals surface area contributed by atoms with E-state index in [1.165, 1.54) is 10.9 Å². The van der Waals surface area contributed by atoms with E-state index >= 15 is 0 Å². The predicted molar refractivity (Wildman–Crippen MR) is 150 cm³/mol. The number of carbonyl (C=O) groups is 1. The summed E-state index contributed by atoms with van der Waals surface area (Å²) in [6.07, 6.45) is 2.92. The summed E-state index contributed by atoms with van der Waals surface area (Å²) in [6.45, 7) is 1.80. The van der Waals surface area contributed by atoms with Crippen LogP contribution in [-0.4, -0.2) is 28.4 Å². The third-order valence-corrected chi connectivity index (χ3v) is 6.36. The second-order valence-electron chi connectivity index (χ2n) is 7.83. The number of nitrogens with zero attached hydrogens (tertiary/aromatic N) is 3. The first kappa shape index (κ1) is 26.1. The maximum absolute atomic E-state index is 13.2. The number of halogens is 3. The van der Waals surface area contributed by atoms with Crippen molar-refractivity contribution in [2.75, 3.05) is 11.9 Å². The van der Waals surface area contributed by atoms with Crippen molar-refractivity contribution in [2.24, 2.45) is 5.10 Å². The van der Waals surface area contributed by atoms with Gasteiger partial charge in [0.2, 0.25) is 0 Å². The average molecular weight is 633 g/mol. The lowest BCUT2D eigenvalue weighted by atomic mass is 10.2. The van der Waals surface area contributed by atoms with Gasteiger partial charge in [-0.25, -0.2) is 4.98 Å². The van der Waals surface area contributed by atoms with Crippen molar-refractivity contribution in [1.82, 2.24) is 9.66 Å². The SMILES string of the molecule is CCCc1nc2ccc(Br)cc2c(=O)n1N=Cc1cc(Br)ccc1OCC(=O)Nc1ccc(Cl)cc1. The quantitative estimate of drug-likeness (QED) is 0.227. The molecule has 0 spiro atoms. The van der Waals surface area contributed by atoms with Crippen molar-refractivity contribution in [3.05, 3.63) is 96.4 Å². The van der Waals surface area contributed by atoms with Crippen LogP contribution in [0.15, 0.2) is 79.5 Å². The van der Waals surface area contributed by atoms with Crippen LogP contribution in [0.3, 0.4) is 0 Å². The van der Waals surface area contributed by atoms with Crippen LogP contribution in [0.2, 0.25) is 5.02 Å². The number of aromatic nitrogens is 2. The molecular weight excluding hydrogens is 612 g/mol. The number of anilines is 1. The maximum atomic E-state index is 13.2. The summed E-state index contributed by atoms with van der Waals surface area (Å²) in [6, 6.07) is 17.5. The topological polar surface area (TPSA) is 85.6 Å². The van der Waals surface area contributed by atoms with Gasteiger partial charge in [0.1, 0.15) is 11.6 Å². The molecule has 0 saturated carbocycles. The first-order chi connectivity index (χ1) is 17.3. The number of hydrogen-bond donors (Lipinski definition) is 1. The molecule has 0 atom stereocenters. The first-order valence-corrected chi connectivity index (χ1v) is 13.0. The number of fused-ring (bicyclic) bond motifs is 1. The van der Waals surface area contributed by atoms with Gasteiger partial charge in [-0.1, -0.05) is 50.4 Å². The lowest BCUT2D eigenvalue weighted by Gasteiger charge is -2.11. The molecule has 1 amide bonds. The van der Waals surface area contributed by atoms with E-state index in [1.807, 2.05) is 19.1 Å². The third-order valence-electron chi connectivity index (χ3n) is 5.12. The molecule has 7 nitrogen and oxygen atoms in total. The number of amides is 1. The molecule has 3 aromatic carbocycles. The van der Waals surface area contributed by atoms with Crippen molar-refractivity contribution >= 4 is 72.2 Å². The molecule has 0 bridgehead atoms. The van der Waals surface area contributed by atoms with E-state index in [0.29, 0.717) is 45.2 Å². The Balaban J connectivity index is 1.60. The van der Waals surface area contributed by atoms with E-state index in [4.69, 9.17) is 16.3 Å². The molecule has 1 heterocycles. The highest BCUT2D eigenvalue weighted by Gasteiger charge is 2.12. The van der Waals surface area contributed by atoms with Crippen LogP contribution in [0.4, 0.5) is 5.69 Å². The number of carbonyl (C=O) groups excluding carboxylic acids is 1. The van der Waals surface area contributed by atoms with Crippen LogP contribution >= 0.6 is 43.5 Å². The molecule has 0 aliphatic heterocycles. The number of aryl methyl sites for hydroxylation is 1. The molecule has 4 aromatic rings. The second kappa shape index (κ2) is 11.8. The summed E-state index contributed by atoms with van der Waals surface area (Å²) in [5.74, 6) is 0.678. The first-order valence-electron chi connectivity index (χ1n) is 11.1. The lowest BCUT2D eigenvalue weighted by Crippen LogP contribution is -2.22. The van der Waals surface area contributed by atoms with Gasteiger partial charge < -0.3 is 10.1 Å². The van der Waals surface area contributed by atoms with E-state index in [0.717, 1.165) is 15.4 Å². The zero-order valence-corrected chi connectivity index (χ0v) is 23.1. The average Bonchev–Trinajstić information content (AvgIpc) is 2.85. The molecule has 0 aliphatic rings. The molecule has 0 aliphatic carbocycles. The van der Waals surface area contributed by atoms with Gasteiger partial charge in [-0.05, 0) is 67.1 Å². The Morgan fingerprint density at radius 1 is 1.11 bits per heavy atom. The summed E-state index contributed by atoms with van der Waals surface area (Å²) in [7, 11) is 0. The van der Waals surface area contributed by atoms with E-state index < -0.39 is 0 Å². The van der Waals surface area contributed by atoms with Gasteiger partial charge in [-0.3, -0.25) is 9.59 Å². The number of rotatable bonds is 8. The van der Waals surface area contributed by atoms with Gasteiger partial charge in [-0.15, -0.1) is 0 Å². The molecule has 0 unspecified atom stereocenters. The Bertz CT molecular complexity index is 1500. The monoisotopic (exact) mass is 630 g/mol. The molecule has 10 heteroatoms. The van der Waals surface area contributed by atoms with Crippen LogP contribution in [0.25, 0.3) is 10.9 Å². The summed E-state index contributed by atoms with van der Waals surface area (Å²) in [5.41, 5.74) is 1.56. The van der Waals surface area contributed by atoms with Gasteiger partial charge in [-0.2, -0.15) is 9.78 Å². The molecule has 1 aromatic heterocycles. The fourth-order valence-electron chi connectivity index (χ4n) is 3.44. The van der Waals surface area contributed by atoms with Crippen LogP contribution in [0, 0.1) is 0 Å². The molecule has 1 N–H and O–H groups in total. The third kappa shape index (κ3) is 6.40. The Hall–Kier alpha value is -3.01. The lowest BCUT2D eigenvalue weighted by molar-refractivity contribution is -0.118. The van der Waals surface area contributed by atoms with Gasteiger partial charge in [0, 0.05) is 31.6 Å². The highest BCUT2D eigenvalue weighted by molar-refractivity contribution is 9.10. The Morgan fingerprint density at radius 3 is 2.58 bits per heavy atom. The largest absolute Gasteiger partial charge is 0.483 e. The van der Waals surface area contributed by atoms with Crippen LogP contribution < -0.4 is 15.6 Å². The zero-order chi connectivity index (χ0) is 25.7. The van der Waals surface area contributed by atoms with E-state index in [-0.39, 0.29) is 18.1 Å². The molecule has 0 fully saturated rings. The van der Waals surface area contributed by atoms with Crippen LogP contribution in [0.1, 0.15) is 24.7 Å². The molecule has 184 valence electrons. The van der Waals surface area contributed by atoms with Gasteiger partial charge in [0.05, 0.1) is 17.1 Å². The van der Waals surface area contributed by atoms with Crippen molar-refractivity contribution < 1.29 is 9.53 Å². The van der Waals surface area contributed by atoms with E-state index in [9.17, 15) is 9.59 Å². The Kier molecular flexibility index (Phi) is 8.56. The fraction of sp³-hybridized carbons (Fsp3) is 0.154.